The molecule has 0 unspecified atom stereocenters. The summed E-state index contributed by atoms with van der Waals surface area (Å²) in [5.74, 6) is -0.231. The van der Waals surface area contributed by atoms with E-state index in [1.807, 2.05) is 13.8 Å². The van der Waals surface area contributed by atoms with Crippen LogP contribution in [-0.4, -0.2) is 29.2 Å². The average molecular weight is 306 g/mol. The van der Waals surface area contributed by atoms with E-state index in [1.165, 1.54) is 6.20 Å². The predicted octanol–water partition coefficient (Wildman–Crippen LogP) is 2.94. The summed E-state index contributed by atoms with van der Waals surface area (Å²) in [6.07, 6.45) is 0.456. The third-order valence-corrected chi connectivity index (χ3v) is 2.60. The molecule has 0 bridgehead atoms. The standard InChI is InChI=1S/C8H7BrFN3O2.C2H6/c9-5-1-7(12-3-6(10)4-12)8(11-2-5)13(14)15;1-2/h1-2,6H,3-4H2;1-2H3. The van der Waals surface area contributed by atoms with Crippen molar-refractivity contribution in [1.82, 2.24) is 4.98 Å². The van der Waals surface area contributed by atoms with Gasteiger partial charge in [-0.25, -0.2) is 4.39 Å². The Morgan fingerprint density at radius 3 is 2.65 bits per heavy atom. The molecule has 1 aromatic heterocycles. The summed E-state index contributed by atoms with van der Waals surface area (Å²) in [5, 5.41) is 10.7. The van der Waals surface area contributed by atoms with Crippen molar-refractivity contribution in [3.05, 3.63) is 26.9 Å². The minimum absolute atomic E-state index is 0.193. The lowest BCUT2D eigenvalue weighted by molar-refractivity contribution is -0.388. The van der Waals surface area contributed by atoms with Gasteiger partial charge in [-0.3, -0.25) is 0 Å². The third kappa shape index (κ3) is 3.12. The number of nitrogens with zero attached hydrogens (tertiary/aromatic N) is 3. The second kappa shape index (κ2) is 5.90. The summed E-state index contributed by atoms with van der Waals surface area (Å²) in [6.45, 7) is 4.39. The van der Waals surface area contributed by atoms with Crippen LogP contribution in [0.2, 0.25) is 0 Å². The topological polar surface area (TPSA) is 59.3 Å². The molecule has 1 aliphatic heterocycles. The van der Waals surface area contributed by atoms with Crippen LogP contribution in [-0.2, 0) is 0 Å². The van der Waals surface area contributed by atoms with Crippen molar-refractivity contribution >= 4 is 27.4 Å². The molecule has 1 saturated heterocycles. The van der Waals surface area contributed by atoms with Gasteiger partial charge in [0.25, 0.3) is 0 Å². The Balaban J connectivity index is 0.000000686. The monoisotopic (exact) mass is 305 g/mol. The molecule has 0 aliphatic carbocycles. The Morgan fingerprint density at radius 1 is 1.59 bits per heavy atom. The van der Waals surface area contributed by atoms with Gasteiger partial charge in [-0.1, -0.05) is 13.8 Å². The maximum atomic E-state index is 12.6. The van der Waals surface area contributed by atoms with E-state index in [9.17, 15) is 14.5 Å². The Kier molecular flexibility index (Phi) is 4.80. The fraction of sp³-hybridized carbons (Fsp3) is 0.500. The van der Waals surface area contributed by atoms with Crippen molar-refractivity contribution in [2.75, 3.05) is 18.0 Å². The fourth-order valence-corrected chi connectivity index (χ4v) is 1.74. The van der Waals surface area contributed by atoms with E-state index in [-0.39, 0.29) is 18.9 Å². The molecule has 17 heavy (non-hydrogen) atoms. The molecule has 0 N–H and O–H groups in total. The number of rotatable bonds is 2. The molecule has 0 aromatic carbocycles. The van der Waals surface area contributed by atoms with E-state index in [4.69, 9.17) is 0 Å². The lowest BCUT2D eigenvalue weighted by Crippen LogP contribution is -2.48. The first-order chi connectivity index (χ1) is 8.08. The Hall–Kier alpha value is -1.24. The summed E-state index contributed by atoms with van der Waals surface area (Å²) in [5.41, 5.74) is 0.364. The second-order valence-electron chi connectivity index (χ2n) is 3.26. The molecule has 0 radical (unpaired) electrons. The number of anilines is 1. The zero-order valence-corrected chi connectivity index (χ0v) is 11.1. The van der Waals surface area contributed by atoms with Gasteiger partial charge in [0.1, 0.15) is 11.9 Å². The maximum Gasteiger partial charge on any atom is 0.387 e. The van der Waals surface area contributed by atoms with Crippen molar-refractivity contribution < 1.29 is 9.31 Å². The maximum absolute atomic E-state index is 12.6. The van der Waals surface area contributed by atoms with Gasteiger partial charge in [-0.2, -0.15) is 0 Å². The van der Waals surface area contributed by atoms with Crippen molar-refractivity contribution in [2.45, 2.75) is 20.0 Å². The van der Waals surface area contributed by atoms with Crippen LogP contribution >= 0.6 is 15.9 Å². The molecule has 0 atom stereocenters. The van der Waals surface area contributed by atoms with Crippen molar-refractivity contribution in [2.24, 2.45) is 0 Å². The molecule has 0 amide bonds. The van der Waals surface area contributed by atoms with E-state index in [1.54, 1.807) is 11.0 Å². The highest BCUT2D eigenvalue weighted by molar-refractivity contribution is 9.10. The van der Waals surface area contributed by atoms with Gasteiger partial charge in [-0.05, 0) is 31.9 Å². The van der Waals surface area contributed by atoms with Crippen LogP contribution in [0.1, 0.15) is 13.8 Å². The number of pyridine rings is 1. The molecule has 7 heteroatoms. The number of hydrogen-bond acceptors (Lipinski definition) is 4. The van der Waals surface area contributed by atoms with E-state index in [2.05, 4.69) is 20.9 Å². The van der Waals surface area contributed by atoms with Crippen LogP contribution in [0, 0.1) is 10.1 Å². The molecule has 1 aromatic rings. The van der Waals surface area contributed by atoms with Crippen LogP contribution in [0.3, 0.4) is 0 Å². The van der Waals surface area contributed by atoms with Crippen molar-refractivity contribution in [1.29, 1.82) is 0 Å². The summed E-state index contributed by atoms with van der Waals surface area (Å²) in [6, 6.07) is 1.58. The van der Waals surface area contributed by atoms with Crippen LogP contribution in [0.5, 0.6) is 0 Å². The summed E-state index contributed by atoms with van der Waals surface area (Å²) in [4.78, 5) is 15.4. The summed E-state index contributed by atoms with van der Waals surface area (Å²) in [7, 11) is 0. The van der Waals surface area contributed by atoms with Crippen LogP contribution in [0.15, 0.2) is 16.7 Å². The molecule has 0 spiro atoms. The van der Waals surface area contributed by atoms with Crippen LogP contribution < -0.4 is 4.90 Å². The zero-order chi connectivity index (χ0) is 13.0. The Labute approximate surface area is 107 Å². The molecule has 1 fully saturated rings. The second-order valence-corrected chi connectivity index (χ2v) is 4.17. The zero-order valence-electron chi connectivity index (χ0n) is 9.56. The number of alkyl halides is 1. The fourth-order valence-electron chi connectivity index (χ4n) is 1.42. The van der Waals surface area contributed by atoms with Gasteiger partial charge in [0.2, 0.25) is 0 Å². The molecule has 1 aliphatic rings. The van der Waals surface area contributed by atoms with Gasteiger partial charge >= 0.3 is 5.82 Å². The molecule has 94 valence electrons. The molecular formula is C10H13BrFN3O2. The Morgan fingerprint density at radius 2 is 2.18 bits per heavy atom. The lowest BCUT2D eigenvalue weighted by Gasteiger charge is -2.35. The minimum Gasteiger partial charge on any atom is -0.359 e. The molecular weight excluding hydrogens is 293 g/mol. The molecule has 2 rings (SSSR count). The van der Waals surface area contributed by atoms with Gasteiger partial charge in [0.05, 0.1) is 17.6 Å². The van der Waals surface area contributed by atoms with Crippen molar-refractivity contribution in [3.63, 3.8) is 0 Å². The highest BCUT2D eigenvalue weighted by Gasteiger charge is 2.32. The van der Waals surface area contributed by atoms with Gasteiger partial charge in [0.15, 0.2) is 6.20 Å². The number of halogens is 2. The van der Waals surface area contributed by atoms with Gasteiger partial charge < -0.3 is 15.0 Å². The first-order valence-corrected chi connectivity index (χ1v) is 6.06. The quantitative estimate of drug-likeness (QED) is 0.622. The molecule has 5 nitrogen and oxygen atoms in total. The number of aromatic nitrogens is 1. The van der Waals surface area contributed by atoms with E-state index in [0.29, 0.717) is 10.2 Å². The van der Waals surface area contributed by atoms with E-state index in [0.717, 1.165) is 0 Å². The predicted molar refractivity (Wildman–Crippen MR) is 67.0 cm³/mol. The van der Waals surface area contributed by atoms with Crippen molar-refractivity contribution in [3.8, 4) is 0 Å². The normalized spacial score (nSPS) is 14.7. The highest BCUT2D eigenvalue weighted by Crippen LogP contribution is 2.32. The number of hydrogen-bond donors (Lipinski definition) is 0. The minimum atomic E-state index is -0.899. The van der Waals surface area contributed by atoms with Gasteiger partial charge in [0, 0.05) is 0 Å². The number of nitro groups is 1. The molecule has 0 saturated carbocycles. The average Bonchev–Trinajstić information content (AvgIpc) is 2.27. The summed E-state index contributed by atoms with van der Waals surface area (Å²) < 4.78 is 13.3. The smallest absolute Gasteiger partial charge is 0.359 e. The van der Waals surface area contributed by atoms with E-state index < -0.39 is 11.1 Å². The van der Waals surface area contributed by atoms with Crippen LogP contribution in [0.4, 0.5) is 15.9 Å². The Bertz CT molecular complexity index is 411. The van der Waals surface area contributed by atoms with Gasteiger partial charge in [-0.15, -0.1) is 0 Å². The van der Waals surface area contributed by atoms with E-state index >= 15 is 0 Å². The molecule has 2 heterocycles. The largest absolute Gasteiger partial charge is 0.387 e. The first kappa shape index (κ1) is 13.8. The summed E-state index contributed by atoms with van der Waals surface area (Å²) >= 11 is 3.18. The first-order valence-electron chi connectivity index (χ1n) is 5.27. The highest BCUT2D eigenvalue weighted by atomic mass is 79.9. The van der Waals surface area contributed by atoms with Crippen LogP contribution in [0.25, 0.3) is 0 Å². The third-order valence-electron chi connectivity index (χ3n) is 2.16. The SMILES string of the molecule is CC.O=[N+]([O-])c1ncc(Br)cc1N1CC(F)C1. The lowest BCUT2D eigenvalue weighted by atomic mass is 10.1.